The summed E-state index contributed by atoms with van der Waals surface area (Å²) in [4.78, 5) is 37.8. The number of para-hydroxylation sites is 1. The molecule has 1 fully saturated rings. The van der Waals surface area contributed by atoms with Crippen molar-refractivity contribution in [3.05, 3.63) is 100 Å². The van der Waals surface area contributed by atoms with Gasteiger partial charge < -0.3 is 0 Å². The van der Waals surface area contributed by atoms with Crippen molar-refractivity contribution in [2.75, 3.05) is 0 Å². The van der Waals surface area contributed by atoms with Crippen LogP contribution in [0.3, 0.4) is 0 Å². The number of benzene rings is 3. The van der Waals surface area contributed by atoms with E-state index in [4.69, 9.17) is 0 Å². The van der Waals surface area contributed by atoms with Crippen LogP contribution in [0.25, 0.3) is 16.8 Å². The Morgan fingerprint density at radius 2 is 1.52 bits per heavy atom. The Morgan fingerprint density at radius 3 is 2.17 bits per heavy atom. The number of aryl methyl sites for hydroxylation is 1. The number of alkyl halides is 3. The Bertz CT molecular complexity index is 2130. The quantitative estimate of drug-likeness (QED) is 0.228. The molecule has 1 aliphatic heterocycles. The van der Waals surface area contributed by atoms with E-state index in [1.807, 2.05) is 6.92 Å². The van der Waals surface area contributed by atoms with Crippen LogP contribution in [0.15, 0.2) is 82.5 Å². The third kappa shape index (κ3) is 7.12. The molecule has 254 valence electrons. The molecule has 1 N–H and O–H groups in total. The van der Waals surface area contributed by atoms with E-state index in [0.717, 1.165) is 22.8 Å². The second-order valence-corrected chi connectivity index (χ2v) is 14.4. The van der Waals surface area contributed by atoms with E-state index in [1.165, 1.54) is 28.4 Å². The first-order valence-corrected chi connectivity index (χ1v) is 17.7. The number of amides is 2. The Labute approximate surface area is 274 Å². The topological polar surface area (TPSA) is 158 Å². The third-order valence-corrected chi connectivity index (χ3v) is 11.1. The first kappa shape index (κ1) is 34.7. The molecule has 0 aliphatic carbocycles. The number of carbonyl (C=O) groups is 2. The molecule has 48 heavy (non-hydrogen) atoms. The van der Waals surface area contributed by atoms with Crippen LogP contribution >= 0.6 is 0 Å². The molecule has 5 rings (SSSR count). The highest BCUT2D eigenvalue weighted by molar-refractivity contribution is 8.04. The number of hydrogen-bond acceptors (Lipinski definition) is 8. The van der Waals surface area contributed by atoms with Crippen LogP contribution in [0.4, 0.5) is 13.2 Å². The highest BCUT2D eigenvalue weighted by atomic mass is 32.3. The van der Waals surface area contributed by atoms with Gasteiger partial charge in [0.15, 0.2) is 0 Å². The third-order valence-electron chi connectivity index (χ3n) is 7.58. The van der Waals surface area contributed by atoms with E-state index in [0.29, 0.717) is 23.1 Å². The minimum Gasteiger partial charge on any atom is -0.274 e. The van der Waals surface area contributed by atoms with E-state index < -0.39 is 60.1 Å². The van der Waals surface area contributed by atoms with E-state index in [2.05, 4.69) is 5.10 Å². The van der Waals surface area contributed by atoms with Crippen molar-refractivity contribution in [3.8, 4) is 16.8 Å². The first-order chi connectivity index (χ1) is 22.6. The number of nitrogens with zero attached hydrogens (tertiary/aromatic N) is 4. The van der Waals surface area contributed by atoms with Gasteiger partial charge in [0, 0.05) is 24.8 Å². The van der Waals surface area contributed by atoms with Crippen molar-refractivity contribution in [1.29, 1.82) is 0 Å². The summed E-state index contributed by atoms with van der Waals surface area (Å²) in [7, 11) is -10.2. The zero-order valence-corrected chi connectivity index (χ0v) is 27.1. The smallest absolute Gasteiger partial charge is 0.274 e. The van der Waals surface area contributed by atoms with Crippen LogP contribution in [-0.4, -0.2) is 47.3 Å². The Morgan fingerprint density at radius 1 is 0.875 bits per heavy atom. The van der Waals surface area contributed by atoms with Gasteiger partial charge in [-0.15, -0.1) is 5.10 Å². The molecule has 0 spiro atoms. The number of sulfonamides is 1. The number of imide groups is 1. The van der Waals surface area contributed by atoms with Crippen LogP contribution in [0.1, 0.15) is 56.0 Å². The maximum Gasteiger partial charge on any atom is 0.418 e. The summed E-state index contributed by atoms with van der Waals surface area (Å²) in [5.74, 6) is -2.00. The predicted octanol–water partition coefficient (Wildman–Crippen LogP) is 4.17. The van der Waals surface area contributed by atoms with Gasteiger partial charge in [-0.1, -0.05) is 72.1 Å². The molecule has 4 aromatic rings. The van der Waals surface area contributed by atoms with Crippen LogP contribution in [0.2, 0.25) is 0 Å². The van der Waals surface area contributed by atoms with Crippen molar-refractivity contribution in [2.45, 2.75) is 63.1 Å². The summed E-state index contributed by atoms with van der Waals surface area (Å²) in [6.07, 6.45) is -3.76. The molecule has 2 amide bonds. The van der Waals surface area contributed by atoms with Gasteiger partial charge in [0.05, 0.1) is 22.7 Å². The lowest BCUT2D eigenvalue weighted by molar-refractivity contribution is -0.141. The van der Waals surface area contributed by atoms with Gasteiger partial charge in [-0.3, -0.25) is 14.2 Å². The standard InChI is InChI=1S/C31H30F3N5O7S2/c1-2-3-14-27-35-38(25-13-8-7-12-24(25)31(32,33)34)30(42)37(27)20-21-17-18-23(22-10-5-4-6-11-22)26(19-21)47(43,44)36-48(45,46)39-28(40)15-9-16-29(39)41/h4-8,10-13,17-19,36H,2-3,9,14-16,20H2,1H3. The largest absolute Gasteiger partial charge is 0.418 e. The summed E-state index contributed by atoms with van der Waals surface area (Å²) in [6, 6.07) is 16.6. The molecular weight excluding hydrogens is 675 g/mol. The molecule has 1 aromatic heterocycles. The lowest BCUT2D eigenvalue weighted by Gasteiger charge is -2.24. The van der Waals surface area contributed by atoms with Crippen molar-refractivity contribution in [3.63, 3.8) is 0 Å². The van der Waals surface area contributed by atoms with Crippen molar-refractivity contribution in [2.24, 2.45) is 0 Å². The lowest BCUT2D eigenvalue weighted by Crippen LogP contribution is -2.51. The molecule has 0 bridgehead atoms. The molecule has 0 radical (unpaired) electrons. The minimum absolute atomic E-state index is 0.0618. The average Bonchev–Trinajstić information content (AvgIpc) is 3.33. The van der Waals surface area contributed by atoms with Crippen molar-refractivity contribution in [1.82, 2.24) is 22.8 Å². The van der Waals surface area contributed by atoms with Gasteiger partial charge in [-0.25, -0.2) is 13.2 Å². The molecule has 0 saturated carbocycles. The Kier molecular flexibility index (Phi) is 9.75. The Balaban J connectivity index is 1.61. The summed E-state index contributed by atoms with van der Waals surface area (Å²) in [6.45, 7) is 1.55. The number of unbranched alkanes of at least 4 members (excludes halogenated alkanes) is 1. The molecular formula is C31H30F3N5O7S2. The molecule has 17 heteroatoms. The van der Waals surface area contributed by atoms with E-state index in [9.17, 15) is 44.4 Å². The molecule has 1 aliphatic rings. The average molecular weight is 706 g/mol. The van der Waals surface area contributed by atoms with E-state index in [1.54, 1.807) is 30.3 Å². The van der Waals surface area contributed by atoms with Crippen LogP contribution in [-0.2, 0) is 49.0 Å². The lowest BCUT2D eigenvalue weighted by atomic mass is 10.0. The zero-order valence-electron chi connectivity index (χ0n) is 25.5. The van der Waals surface area contributed by atoms with Gasteiger partial charge in [-0.2, -0.15) is 30.6 Å². The maximum atomic E-state index is 13.8. The summed E-state index contributed by atoms with van der Waals surface area (Å²) in [5.41, 5.74) is -1.85. The predicted molar refractivity (Wildman–Crippen MR) is 167 cm³/mol. The maximum absolute atomic E-state index is 13.8. The molecule has 0 atom stereocenters. The molecule has 2 heterocycles. The molecule has 3 aromatic carbocycles. The number of halogens is 3. The van der Waals surface area contributed by atoms with Gasteiger partial charge in [0.25, 0.3) is 10.0 Å². The molecule has 12 nitrogen and oxygen atoms in total. The van der Waals surface area contributed by atoms with Gasteiger partial charge in [0.2, 0.25) is 11.8 Å². The summed E-state index contributed by atoms with van der Waals surface area (Å²) in [5, 5.41) is 4.23. The fourth-order valence-electron chi connectivity index (χ4n) is 5.32. The van der Waals surface area contributed by atoms with Crippen LogP contribution in [0, 0.1) is 0 Å². The van der Waals surface area contributed by atoms with Crippen LogP contribution in [0.5, 0.6) is 0 Å². The van der Waals surface area contributed by atoms with Gasteiger partial charge in [-0.05, 0) is 42.2 Å². The number of piperidine rings is 1. The molecule has 0 unspecified atom stereocenters. The Hall–Kier alpha value is -4.61. The minimum atomic E-state index is -5.19. The molecule has 1 saturated heterocycles. The monoisotopic (exact) mass is 705 g/mol. The van der Waals surface area contributed by atoms with E-state index >= 15 is 0 Å². The second-order valence-electron chi connectivity index (χ2n) is 11.0. The highest BCUT2D eigenvalue weighted by Gasteiger charge is 2.40. The SMILES string of the molecule is CCCCc1nn(-c2ccccc2C(F)(F)F)c(=O)n1Cc1ccc(-c2ccccc2)c(S(=O)(=O)NS(=O)(=O)N2C(=O)CCCC2=O)c1. The van der Waals surface area contributed by atoms with Crippen LogP contribution < -0.4 is 9.82 Å². The van der Waals surface area contributed by atoms with Crippen molar-refractivity contribution >= 4 is 32.0 Å². The van der Waals surface area contributed by atoms with Gasteiger partial charge in [0.1, 0.15) is 5.82 Å². The van der Waals surface area contributed by atoms with Gasteiger partial charge >= 0.3 is 22.1 Å². The van der Waals surface area contributed by atoms with Crippen molar-refractivity contribution < 1.29 is 39.6 Å². The number of rotatable bonds is 11. The van der Waals surface area contributed by atoms with E-state index in [-0.39, 0.29) is 53.5 Å². The normalized spacial score (nSPS) is 14.5. The zero-order chi connectivity index (χ0) is 34.9. The summed E-state index contributed by atoms with van der Waals surface area (Å²) >= 11 is 0. The number of nitrogens with one attached hydrogen (secondary N) is 1. The number of aromatic nitrogens is 3. The summed E-state index contributed by atoms with van der Waals surface area (Å²) < 4.78 is 98.5. The number of carbonyl (C=O) groups excluding carboxylic acids is 2. The fraction of sp³-hybridized carbons (Fsp3) is 0.290. The first-order valence-electron chi connectivity index (χ1n) is 14.8. The fourth-order valence-corrected chi connectivity index (χ4v) is 8.59. The number of hydrogen-bond donors (Lipinski definition) is 1. The highest BCUT2D eigenvalue weighted by Crippen LogP contribution is 2.33. The second kappa shape index (κ2) is 13.5.